The fraction of sp³-hybridized carbons (Fsp3) is 0.273. The minimum atomic E-state index is -0.589. The summed E-state index contributed by atoms with van der Waals surface area (Å²) in [5, 5.41) is 9.87. The molecule has 0 amide bonds. The van der Waals surface area contributed by atoms with Crippen molar-refractivity contribution in [1.29, 1.82) is 0 Å². The number of aryl methyl sites for hydroxylation is 1. The summed E-state index contributed by atoms with van der Waals surface area (Å²) < 4.78 is 6.09. The Morgan fingerprint density at radius 2 is 2.20 bits per heavy atom. The van der Waals surface area contributed by atoms with Crippen LogP contribution < -0.4 is 0 Å². The predicted octanol–water partition coefficient (Wildman–Crippen LogP) is 3.58. The standard InChI is InChI=1S/C11H11ClO2S/c1-7-2-4-10(14-7)9(13)6-8-3-5-11(12)15-8/h2-5,9,13H,6H2,1H3. The number of hydrogen-bond acceptors (Lipinski definition) is 3. The van der Waals surface area contributed by atoms with Gasteiger partial charge in [0.15, 0.2) is 0 Å². The van der Waals surface area contributed by atoms with Crippen LogP contribution in [0.4, 0.5) is 0 Å². The summed E-state index contributed by atoms with van der Waals surface area (Å²) in [6.07, 6.45) is -0.0435. The zero-order chi connectivity index (χ0) is 10.8. The molecule has 0 saturated heterocycles. The highest BCUT2D eigenvalue weighted by Crippen LogP contribution is 2.27. The summed E-state index contributed by atoms with van der Waals surface area (Å²) in [4.78, 5) is 1.06. The van der Waals surface area contributed by atoms with Crippen LogP contribution in [0.1, 0.15) is 22.5 Å². The molecule has 0 radical (unpaired) electrons. The maximum atomic E-state index is 9.87. The molecule has 2 rings (SSSR count). The highest BCUT2D eigenvalue weighted by Gasteiger charge is 2.13. The summed E-state index contributed by atoms with van der Waals surface area (Å²) in [6.45, 7) is 1.86. The summed E-state index contributed by atoms with van der Waals surface area (Å²) in [6, 6.07) is 7.41. The van der Waals surface area contributed by atoms with Gasteiger partial charge in [0.1, 0.15) is 17.6 Å². The number of aliphatic hydroxyl groups is 1. The molecule has 1 N–H and O–H groups in total. The van der Waals surface area contributed by atoms with Crippen LogP contribution in [0.3, 0.4) is 0 Å². The number of furan rings is 1. The molecule has 1 unspecified atom stereocenters. The predicted molar refractivity (Wildman–Crippen MR) is 61.4 cm³/mol. The summed E-state index contributed by atoms with van der Waals surface area (Å²) >= 11 is 7.29. The van der Waals surface area contributed by atoms with E-state index in [2.05, 4.69) is 0 Å². The molecule has 0 aromatic carbocycles. The molecule has 2 nitrogen and oxygen atoms in total. The number of hydrogen-bond donors (Lipinski definition) is 1. The van der Waals surface area contributed by atoms with Gasteiger partial charge in [0.05, 0.1) is 4.34 Å². The van der Waals surface area contributed by atoms with Gasteiger partial charge in [-0.1, -0.05) is 11.6 Å². The smallest absolute Gasteiger partial charge is 0.133 e. The first kappa shape index (κ1) is 10.7. The van der Waals surface area contributed by atoms with Crippen LogP contribution in [-0.2, 0) is 6.42 Å². The lowest BCUT2D eigenvalue weighted by molar-refractivity contribution is 0.149. The van der Waals surface area contributed by atoms with Crippen molar-refractivity contribution in [3.63, 3.8) is 0 Å². The molecule has 0 saturated carbocycles. The quantitative estimate of drug-likeness (QED) is 0.893. The minimum Gasteiger partial charge on any atom is -0.464 e. The Hall–Kier alpha value is -0.770. The van der Waals surface area contributed by atoms with E-state index >= 15 is 0 Å². The van der Waals surface area contributed by atoms with Gasteiger partial charge in [-0.05, 0) is 31.2 Å². The molecular formula is C11H11ClO2S. The largest absolute Gasteiger partial charge is 0.464 e. The van der Waals surface area contributed by atoms with Gasteiger partial charge >= 0.3 is 0 Å². The minimum absolute atomic E-state index is 0.546. The van der Waals surface area contributed by atoms with E-state index in [0.717, 1.165) is 15.0 Å². The Labute approximate surface area is 97.1 Å². The van der Waals surface area contributed by atoms with Crippen LogP contribution >= 0.6 is 22.9 Å². The molecule has 1 atom stereocenters. The molecule has 4 heteroatoms. The van der Waals surface area contributed by atoms with Gasteiger partial charge in [0, 0.05) is 11.3 Å². The average Bonchev–Trinajstić information content (AvgIpc) is 2.75. The number of aliphatic hydroxyl groups excluding tert-OH is 1. The topological polar surface area (TPSA) is 33.4 Å². The van der Waals surface area contributed by atoms with E-state index in [1.165, 1.54) is 11.3 Å². The van der Waals surface area contributed by atoms with Crippen molar-refractivity contribution < 1.29 is 9.52 Å². The van der Waals surface area contributed by atoms with E-state index < -0.39 is 6.10 Å². The van der Waals surface area contributed by atoms with E-state index in [0.29, 0.717) is 12.2 Å². The third-order valence-corrected chi connectivity index (χ3v) is 3.37. The van der Waals surface area contributed by atoms with Gasteiger partial charge < -0.3 is 9.52 Å². The van der Waals surface area contributed by atoms with Gasteiger partial charge in [-0.3, -0.25) is 0 Å². The third-order valence-electron chi connectivity index (χ3n) is 2.11. The van der Waals surface area contributed by atoms with Crippen LogP contribution in [0.2, 0.25) is 4.34 Å². The Kier molecular flexibility index (Phi) is 3.14. The SMILES string of the molecule is Cc1ccc(C(O)Cc2ccc(Cl)s2)o1. The van der Waals surface area contributed by atoms with E-state index in [-0.39, 0.29) is 0 Å². The Bertz CT molecular complexity index is 447. The monoisotopic (exact) mass is 242 g/mol. The van der Waals surface area contributed by atoms with E-state index in [9.17, 15) is 5.11 Å². The van der Waals surface area contributed by atoms with Crippen LogP contribution in [0.25, 0.3) is 0 Å². The Morgan fingerprint density at radius 1 is 1.40 bits per heavy atom. The summed E-state index contributed by atoms with van der Waals surface area (Å²) in [7, 11) is 0. The molecule has 0 aliphatic heterocycles. The van der Waals surface area contributed by atoms with Gasteiger partial charge in [-0.2, -0.15) is 0 Å². The Morgan fingerprint density at radius 3 is 2.73 bits per heavy atom. The van der Waals surface area contributed by atoms with Gasteiger partial charge in [0.25, 0.3) is 0 Å². The van der Waals surface area contributed by atoms with Gasteiger partial charge in [0.2, 0.25) is 0 Å². The van der Waals surface area contributed by atoms with Crippen LogP contribution in [0, 0.1) is 6.92 Å². The first-order chi connectivity index (χ1) is 7.15. The molecule has 2 aromatic rings. The Balaban J connectivity index is 2.06. The van der Waals surface area contributed by atoms with Crippen molar-refractivity contribution in [1.82, 2.24) is 0 Å². The highest BCUT2D eigenvalue weighted by atomic mass is 35.5. The third kappa shape index (κ3) is 2.62. The van der Waals surface area contributed by atoms with Gasteiger partial charge in [-0.25, -0.2) is 0 Å². The average molecular weight is 243 g/mol. The van der Waals surface area contributed by atoms with Crippen molar-refractivity contribution >= 4 is 22.9 Å². The summed E-state index contributed by atoms with van der Waals surface area (Å²) in [5.41, 5.74) is 0. The molecule has 0 aliphatic carbocycles. The van der Waals surface area contributed by atoms with Gasteiger partial charge in [-0.15, -0.1) is 11.3 Å². The first-order valence-corrected chi connectivity index (χ1v) is 5.83. The van der Waals surface area contributed by atoms with Crippen molar-refractivity contribution in [2.24, 2.45) is 0 Å². The van der Waals surface area contributed by atoms with Crippen molar-refractivity contribution in [3.05, 3.63) is 45.0 Å². The zero-order valence-electron chi connectivity index (χ0n) is 8.24. The molecule has 0 bridgehead atoms. The lowest BCUT2D eigenvalue weighted by Crippen LogP contribution is -1.98. The van der Waals surface area contributed by atoms with Crippen LogP contribution in [0.5, 0.6) is 0 Å². The second-order valence-corrected chi connectivity index (χ2v) is 5.17. The first-order valence-electron chi connectivity index (χ1n) is 4.64. The normalized spacial score (nSPS) is 13.0. The zero-order valence-corrected chi connectivity index (χ0v) is 9.81. The molecule has 0 fully saturated rings. The van der Waals surface area contributed by atoms with Crippen molar-refractivity contribution in [2.45, 2.75) is 19.4 Å². The molecular weight excluding hydrogens is 232 g/mol. The molecule has 2 heterocycles. The van der Waals surface area contributed by atoms with E-state index in [4.69, 9.17) is 16.0 Å². The highest BCUT2D eigenvalue weighted by molar-refractivity contribution is 7.16. The molecule has 80 valence electrons. The fourth-order valence-electron chi connectivity index (χ4n) is 1.39. The second-order valence-electron chi connectivity index (χ2n) is 3.37. The maximum Gasteiger partial charge on any atom is 0.133 e. The van der Waals surface area contributed by atoms with Crippen molar-refractivity contribution in [3.8, 4) is 0 Å². The fourth-order valence-corrected chi connectivity index (χ4v) is 2.51. The molecule has 15 heavy (non-hydrogen) atoms. The number of rotatable bonds is 3. The maximum absolute atomic E-state index is 9.87. The number of thiophene rings is 1. The summed E-state index contributed by atoms with van der Waals surface area (Å²) in [5.74, 6) is 1.42. The van der Waals surface area contributed by atoms with E-state index in [1.54, 1.807) is 6.07 Å². The van der Waals surface area contributed by atoms with Crippen LogP contribution in [0.15, 0.2) is 28.7 Å². The lowest BCUT2D eigenvalue weighted by atomic mass is 10.2. The number of halogens is 1. The molecule has 0 aliphatic rings. The molecule has 2 aromatic heterocycles. The van der Waals surface area contributed by atoms with Crippen LogP contribution in [-0.4, -0.2) is 5.11 Å². The van der Waals surface area contributed by atoms with E-state index in [1.807, 2.05) is 25.1 Å². The second kappa shape index (κ2) is 4.39. The molecule has 0 spiro atoms. The van der Waals surface area contributed by atoms with Crippen molar-refractivity contribution in [2.75, 3.05) is 0 Å². The lowest BCUT2D eigenvalue weighted by Gasteiger charge is -2.05.